The summed E-state index contributed by atoms with van der Waals surface area (Å²) in [7, 11) is 1.83. The normalized spacial score (nSPS) is 39.4. The number of hydrogen-bond acceptors (Lipinski definition) is 3. The minimum absolute atomic E-state index is 0.172. The minimum Gasteiger partial charge on any atom is -0.379 e. The first-order valence-corrected chi connectivity index (χ1v) is 5.81. The van der Waals surface area contributed by atoms with Crippen LogP contribution in [0.2, 0.25) is 0 Å². The summed E-state index contributed by atoms with van der Waals surface area (Å²) < 4.78 is 5.63. The summed E-state index contributed by atoms with van der Waals surface area (Å²) >= 11 is 0. The molecule has 14 heavy (non-hydrogen) atoms. The van der Waals surface area contributed by atoms with E-state index in [4.69, 9.17) is 10.5 Å². The highest BCUT2D eigenvalue weighted by atomic mass is 16.5. The molecule has 2 N–H and O–H groups in total. The van der Waals surface area contributed by atoms with Gasteiger partial charge in [-0.3, -0.25) is 4.90 Å². The zero-order chi connectivity index (χ0) is 10.0. The van der Waals surface area contributed by atoms with Crippen molar-refractivity contribution in [1.82, 2.24) is 4.90 Å². The molecule has 1 saturated carbocycles. The lowest BCUT2D eigenvalue weighted by molar-refractivity contribution is -0.0975. The van der Waals surface area contributed by atoms with Crippen LogP contribution in [0.25, 0.3) is 0 Å². The Morgan fingerprint density at radius 3 is 2.64 bits per heavy atom. The van der Waals surface area contributed by atoms with Gasteiger partial charge in [0.05, 0.1) is 11.6 Å². The lowest BCUT2D eigenvalue weighted by Gasteiger charge is -2.54. The van der Waals surface area contributed by atoms with Crippen LogP contribution in [0.4, 0.5) is 0 Å². The van der Waals surface area contributed by atoms with Crippen molar-refractivity contribution in [3.63, 3.8) is 0 Å². The summed E-state index contributed by atoms with van der Waals surface area (Å²) in [6, 6.07) is 0. The Balaban J connectivity index is 2.12. The van der Waals surface area contributed by atoms with Gasteiger partial charge in [-0.1, -0.05) is 12.8 Å². The van der Waals surface area contributed by atoms with Gasteiger partial charge < -0.3 is 10.5 Å². The highest BCUT2D eigenvalue weighted by Crippen LogP contribution is 2.37. The molecule has 2 fully saturated rings. The fourth-order valence-corrected chi connectivity index (χ4v) is 3.01. The molecule has 0 aromatic heterocycles. The third-order valence-corrected chi connectivity index (χ3v) is 4.05. The molecule has 2 unspecified atom stereocenters. The van der Waals surface area contributed by atoms with Gasteiger partial charge in [0.25, 0.3) is 0 Å². The van der Waals surface area contributed by atoms with Crippen molar-refractivity contribution in [3.05, 3.63) is 0 Å². The molecule has 2 aliphatic rings. The summed E-state index contributed by atoms with van der Waals surface area (Å²) in [5, 5.41) is 0. The standard InChI is InChI=1S/C11H22N2O/c1-14-10-5-2-3-6-11(10,9-12)13-7-4-8-13/h10H,2-9,12H2,1H3. The number of nitrogens with two attached hydrogens (primary N) is 1. The van der Waals surface area contributed by atoms with Gasteiger partial charge in [-0.15, -0.1) is 0 Å². The molecule has 0 spiro atoms. The number of methoxy groups -OCH3 is 1. The molecule has 2 atom stereocenters. The first-order chi connectivity index (χ1) is 6.83. The first kappa shape index (κ1) is 10.4. The number of hydrogen-bond donors (Lipinski definition) is 1. The second kappa shape index (κ2) is 4.17. The molecular formula is C11H22N2O. The van der Waals surface area contributed by atoms with Gasteiger partial charge in [0.1, 0.15) is 0 Å². The van der Waals surface area contributed by atoms with Crippen LogP contribution < -0.4 is 5.73 Å². The minimum atomic E-state index is 0.172. The second-order valence-electron chi connectivity index (χ2n) is 4.62. The Labute approximate surface area is 86.6 Å². The predicted molar refractivity (Wildman–Crippen MR) is 57.2 cm³/mol. The lowest BCUT2D eigenvalue weighted by atomic mass is 9.76. The molecule has 1 aliphatic heterocycles. The molecule has 1 heterocycles. The van der Waals surface area contributed by atoms with Crippen molar-refractivity contribution in [2.75, 3.05) is 26.7 Å². The Bertz CT molecular complexity index is 194. The van der Waals surface area contributed by atoms with Gasteiger partial charge in [-0.2, -0.15) is 0 Å². The van der Waals surface area contributed by atoms with E-state index >= 15 is 0 Å². The van der Waals surface area contributed by atoms with Crippen LogP contribution >= 0.6 is 0 Å². The Kier molecular flexibility index (Phi) is 3.10. The quantitative estimate of drug-likeness (QED) is 0.734. The van der Waals surface area contributed by atoms with Gasteiger partial charge >= 0.3 is 0 Å². The second-order valence-corrected chi connectivity index (χ2v) is 4.62. The molecule has 3 heteroatoms. The summed E-state index contributed by atoms with van der Waals surface area (Å²) in [6.07, 6.45) is 6.72. The molecule has 0 amide bonds. The third kappa shape index (κ3) is 1.47. The lowest BCUT2D eigenvalue weighted by Crippen LogP contribution is -2.66. The summed E-state index contributed by atoms with van der Waals surface area (Å²) in [5.74, 6) is 0. The van der Waals surface area contributed by atoms with Gasteiger partial charge in [-0.05, 0) is 19.3 Å². The van der Waals surface area contributed by atoms with E-state index in [1.54, 1.807) is 0 Å². The van der Waals surface area contributed by atoms with Crippen LogP contribution in [0.15, 0.2) is 0 Å². The molecular weight excluding hydrogens is 176 g/mol. The Hall–Kier alpha value is -0.120. The Morgan fingerprint density at radius 1 is 1.36 bits per heavy atom. The van der Waals surface area contributed by atoms with Crippen molar-refractivity contribution in [2.45, 2.75) is 43.7 Å². The van der Waals surface area contributed by atoms with Crippen LogP contribution in [-0.2, 0) is 4.74 Å². The molecule has 0 bridgehead atoms. The van der Waals surface area contributed by atoms with E-state index in [9.17, 15) is 0 Å². The fraction of sp³-hybridized carbons (Fsp3) is 1.00. The smallest absolute Gasteiger partial charge is 0.0767 e. The zero-order valence-corrected chi connectivity index (χ0v) is 9.17. The maximum absolute atomic E-state index is 5.99. The molecule has 0 aromatic carbocycles. The summed E-state index contributed by atoms with van der Waals surface area (Å²) in [4.78, 5) is 2.54. The van der Waals surface area contributed by atoms with E-state index in [-0.39, 0.29) is 5.54 Å². The average molecular weight is 198 g/mol. The Morgan fingerprint density at radius 2 is 2.14 bits per heavy atom. The summed E-state index contributed by atoms with van der Waals surface area (Å²) in [5.41, 5.74) is 6.16. The highest BCUT2D eigenvalue weighted by Gasteiger charge is 2.46. The van der Waals surface area contributed by atoms with E-state index in [0.29, 0.717) is 6.10 Å². The SMILES string of the molecule is COC1CCCCC1(CN)N1CCC1. The predicted octanol–water partition coefficient (Wildman–Crippen LogP) is 0.979. The van der Waals surface area contributed by atoms with Gasteiger partial charge in [-0.25, -0.2) is 0 Å². The molecule has 82 valence electrons. The van der Waals surface area contributed by atoms with E-state index in [2.05, 4.69) is 4.90 Å². The molecule has 1 aliphatic carbocycles. The van der Waals surface area contributed by atoms with Crippen molar-refractivity contribution >= 4 is 0 Å². The zero-order valence-electron chi connectivity index (χ0n) is 9.17. The fourth-order valence-electron chi connectivity index (χ4n) is 3.01. The molecule has 0 aromatic rings. The van der Waals surface area contributed by atoms with Crippen molar-refractivity contribution in [2.24, 2.45) is 5.73 Å². The maximum Gasteiger partial charge on any atom is 0.0767 e. The summed E-state index contributed by atoms with van der Waals surface area (Å²) in [6.45, 7) is 3.19. The monoisotopic (exact) mass is 198 g/mol. The topological polar surface area (TPSA) is 38.5 Å². The van der Waals surface area contributed by atoms with E-state index in [1.807, 2.05) is 7.11 Å². The van der Waals surface area contributed by atoms with Crippen LogP contribution in [-0.4, -0.2) is 43.3 Å². The van der Waals surface area contributed by atoms with Crippen molar-refractivity contribution in [1.29, 1.82) is 0 Å². The first-order valence-electron chi connectivity index (χ1n) is 5.81. The molecule has 3 nitrogen and oxygen atoms in total. The molecule has 0 radical (unpaired) electrons. The van der Waals surface area contributed by atoms with E-state index in [1.165, 1.54) is 45.2 Å². The molecule has 2 rings (SSSR count). The van der Waals surface area contributed by atoms with Crippen LogP contribution in [0.5, 0.6) is 0 Å². The van der Waals surface area contributed by atoms with Gasteiger partial charge in [0.2, 0.25) is 0 Å². The number of nitrogens with zero attached hydrogens (tertiary/aromatic N) is 1. The third-order valence-electron chi connectivity index (χ3n) is 4.05. The number of ether oxygens (including phenoxy) is 1. The average Bonchev–Trinajstić information content (AvgIpc) is 2.15. The highest BCUT2D eigenvalue weighted by molar-refractivity contribution is 5.03. The maximum atomic E-state index is 5.99. The van der Waals surface area contributed by atoms with Crippen LogP contribution in [0, 0.1) is 0 Å². The van der Waals surface area contributed by atoms with Crippen LogP contribution in [0.3, 0.4) is 0 Å². The largest absolute Gasteiger partial charge is 0.379 e. The van der Waals surface area contributed by atoms with Crippen molar-refractivity contribution < 1.29 is 4.74 Å². The number of rotatable bonds is 3. The molecule has 1 saturated heterocycles. The van der Waals surface area contributed by atoms with Crippen molar-refractivity contribution in [3.8, 4) is 0 Å². The van der Waals surface area contributed by atoms with Gasteiger partial charge in [0, 0.05) is 26.7 Å². The number of likely N-dealkylation sites (tertiary alicyclic amines) is 1. The van der Waals surface area contributed by atoms with Gasteiger partial charge in [0.15, 0.2) is 0 Å². The van der Waals surface area contributed by atoms with E-state index < -0.39 is 0 Å². The van der Waals surface area contributed by atoms with Crippen LogP contribution in [0.1, 0.15) is 32.1 Å². The van der Waals surface area contributed by atoms with E-state index in [0.717, 1.165) is 6.54 Å².